The zero-order valence-electron chi connectivity index (χ0n) is 17.1. The van der Waals surface area contributed by atoms with Gasteiger partial charge in [-0.05, 0) is 105 Å². The van der Waals surface area contributed by atoms with Crippen LogP contribution < -0.4 is 0 Å². The number of aliphatic hydroxyl groups is 2. The minimum Gasteiger partial charge on any atom is -0.481 e. The summed E-state index contributed by atoms with van der Waals surface area (Å²) in [6, 6.07) is 0. The summed E-state index contributed by atoms with van der Waals surface area (Å²) in [6.07, 6.45) is 10.3. The summed E-state index contributed by atoms with van der Waals surface area (Å²) in [7, 11) is 0. The van der Waals surface area contributed by atoms with E-state index in [4.69, 9.17) is 5.11 Å². The molecule has 0 aromatic rings. The molecule has 0 radical (unpaired) electrons. The summed E-state index contributed by atoms with van der Waals surface area (Å²) < 4.78 is 0. The minimum atomic E-state index is -0.704. The fourth-order valence-corrected chi connectivity index (χ4v) is 8.29. The standard InChI is InChI=1S/C23H38O4/c1-22-11-10-16(24)12-15(22)6-8-17-18-9-7-14(4-3-5-21(26)27)23(18,2)20(25)13-19(17)22/h14-20,24-25H,3-13H2,1-2H3,(H,26,27)/t14-,15+,16-,17-,18-,19-,20-,22-,23+/m0/s1. The maximum Gasteiger partial charge on any atom is 0.303 e. The van der Waals surface area contributed by atoms with Crippen molar-refractivity contribution in [3.05, 3.63) is 0 Å². The van der Waals surface area contributed by atoms with E-state index < -0.39 is 5.97 Å². The van der Waals surface area contributed by atoms with E-state index in [1.54, 1.807) is 0 Å². The van der Waals surface area contributed by atoms with Crippen molar-refractivity contribution in [2.45, 2.75) is 96.7 Å². The molecular weight excluding hydrogens is 340 g/mol. The molecule has 4 saturated carbocycles. The van der Waals surface area contributed by atoms with Crippen molar-refractivity contribution < 1.29 is 20.1 Å². The molecule has 3 N–H and O–H groups in total. The van der Waals surface area contributed by atoms with Crippen LogP contribution in [0.3, 0.4) is 0 Å². The number of carboxylic acids is 1. The maximum atomic E-state index is 11.3. The molecule has 0 amide bonds. The number of hydrogen-bond acceptors (Lipinski definition) is 3. The molecule has 0 unspecified atom stereocenters. The van der Waals surface area contributed by atoms with Crippen molar-refractivity contribution in [2.24, 2.45) is 40.4 Å². The van der Waals surface area contributed by atoms with Crippen LogP contribution in [-0.2, 0) is 4.79 Å². The first-order valence-corrected chi connectivity index (χ1v) is 11.3. The van der Waals surface area contributed by atoms with E-state index in [0.29, 0.717) is 29.6 Å². The molecule has 4 aliphatic rings. The average Bonchev–Trinajstić information content (AvgIpc) is 2.95. The van der Waals surface area contributed by atoms with Gasteiger partial charge in [0.1, 0.15) is 0 Å². The smallest absolute Gasteiger partial charge is 0.303 e. The number of rotatable bonds is 4. The fourth-order valence-electron chi connectivity index (χ4n) is 8.29. The first-order chi connectivity index (χ1) is 12.8. The highest BCUT2D eigenvalue weighted by atomic mass is 16.4. The second-order valence-electron chi connectivity index (χ2n) is 10.8. The van der Waals surface area contributed by atoms with Crippen LogP contribution in [0.2, 0.25) is 0 Å². The van der Waals surface area contributed by atoms with Crippen LogP contribution in [0, 0.1) is 40.4 Å². The SMILES string of the molecule is C[C@]12CC[C@H](O)C[C@H]1CC[C@@H]1[C@@H]2C[C@H](O)[C@]2(C)[C@@H](CCCC(=O)O)CC[C@@H]12. The first kappa shape index (κ1) is 19.7. The molecule has 4 fully saturated rings. The van der Waals surface area contributed by atoms with Gasteiger partial charge in [0.2, 0.25) is 0 Å². The zero-order valence-corrected chi connectivity index (χ0v) is 17.1. The van der Waals surface area contributed by atoms with E-state index in [1.807, 2.05) is 0 Å². The van der Waals surface area contributed by atoms with Gasteiger partial charge in [0.25, 0.3) is 0 Å². The molecule has 0 aromatic carbocycles. The van der Waals surface area contributed by atoms with Crippen LogP contribution in [0.4, 0.5) is 0 Å². The lowest BCUT2D eigenvalue weighted by Crippen LogP contribution is -2.58. The number of aliphatic hydroxyl groups excluding tert-OH is 2. The summed E-state index contributed by atoms with van der Waals surface area (Å²) in [5.41, 5.74) is 0.253. The van der Waals surface area contributed by atoms with Crippen molar-refractivity contribution in [1.29, 1.82) is 0 Å². The minimum absolute atomic E-state index is 0.0307. The summed E-state index contributed by atoms with van der Waals surface area (Å²) in [6.45, 7) is 4.77. The van der Waals surface area contributed by atoms with Crippen molar-refractivity contribution in [1.82, 2.24) is 0 Å². The Balaban J connectivity index is 1.53. The van der Waals surface area contributed by atoms with Gasteiger partial charge in [-0.15, -0.1) is 0 Å². The van der Waals surface area contributed by atoms with E-state index in [0.717, 1.165) is 44.9 Å². The Kier molecular flexibility index (Phi) is 5.12. The number of hydrogen-bond donors (Lipinski definition) is 3. The highest BCUT2D eigenvalue weighted by molar-refractivity contribution is 5.66. The lowest BCUT2D eigenvalue weighted by atomic mass is 9.44. The van der Waals surface area contributed by atoms with E-state index >= 15 is 0 Å². The van der Waals surface area contributed by atoms with Crippen LogP contribution in [0.15, 0.2) is 0 Å². The lowest BCUT2D eigenvalue weighted by molar-refractivity contribution is -0.171. The molecule has 4 heteroatoms. The largest absolute Gasteiger partial charge is 0.481 e. The maximum absolute atomic E-state index is 11.3. The average molecular weight is 379 g/mol. The molecule has 0 bridgehead atoms. The number of carboxylic acid groups (broad SMARTS) is 1. The zero-order chi connectivity index (χ0) is 19.4. The molecule has 154 valence electrons. The van der Waals surface area contributed by atoms with Crippen molar-refractivity contribution in [3.8, 4) is 0 Å². The Hall–Kier alpha value is -0.610. The molecule has 4 aliphatic carbocycles. The van der Waals surface area contributed by atoms with Crippen molar-refractivity contribution >= 4 is 5.97 Å². The number of fused-ring (bicyclic) bond motifs is 5. The second kappa shape index (κ2) is 7.02. The lowest BCUT2D eigenvalue weighted by Gasteiger charge is -2.62. The third-order valence-electron chi connectivity index (χ3n) is 9.88. The Labute approximate surface area is 163 Å². The quantitative estimate of drug-likeness (QED) is 0.684. The monoisotopic (exact) mass is 378 g/mol. The summed E-state index contributed by atoms with van der Waals surface area (Å²) in [4.78, 5) is 10.9. The van der Waals surface area contributed by atoms with Crippen LogP contribution >= 0.6 is 0 Å². The number of aliphatic carboxylic acids is 1. The van der Waals surface area contributed by atoms with Gasteiger partial charge in [-0.1, -0.05) is 13.8 Å². The molecule has 0 saturated heterocycles. The van der Waals surface area contributed by atoms with E-state index in [2.05, 4.69) is 13.8 Å². The Bertz CT molecular complexity index is 577. The molecule has 0 heterocycles. The molecular formula is C23H38O4. The fraction of sp³-hybridized carbons (Fsp3) is 0.957. The first-order valence-electron chi connectivity index (χ1n) is 11.3. The highest BCUT2D eigenvalue weighted by Gasteiger charge is 2.62. The molecule has 0 aromatic heterocycles. The summed E-state index contributed by atoms with van der Waals surface area (Å²) in [5.74, 6) is 2.27. The van der Waals surface area contributed by atoms with Gasteiger partial charge >= 0.3 is 5.97 Å². The third kappa shape index (κ3) is 3.06. The van der Waals surface area contributed by atoms with Gasteiger partial charge in [0.15, 0.2) is 0 Å². The van der Waals surface area contributed by atoms with Gasteiger partial charge in [-0.3, -0.25) is 4.79 Å². The predicted molar refractivity (Wildman–Crippen MR) is 104 cm³/mol. The van der Waals surface area contributed by atoms with Crippen molar-refractivity contribution in [2.75, 3.05) is 0 Å². The van der Waals surface area contributed by atoms with E-state index in [-0.39, 0.29) is 29.5 Å². The Morgan fingerprint density at radius 3 is 2.52 bits per heavy atom. The second-order valence-corrected chi connectivity index (χ2v) is 10.8. The third-order valence-corrected chi connectivity index (χ3v) is 9.88. The van der Waals surface area contributed by atoms with Crippen molar-refractivity contribution in [3.63, 3.8) is 0 Å². The predicted octanol–water partition coefficient (Wildman–Crippen LogP) is 4.23. The van der Waals surface area contributed by atoms with Gasteiger partial charge < -0.3 is 15.3 Å². The summed E-state index contributed by atoms with van der Waals surface area (Å²) in [5, 5.41) is 30.5. The molecule has 0 aliphatic heterocycles. The molecule has 0 spiro atoms. The summed E-state index contributed by atoms with van der Waals surface area (Å²) >= 11 is 0. The topological polar surface area (TPSA) is 77.8 Å². The van der Waals surface area contributed by atoms with Gasteiger partial charge in [0, 0.05) is 6.42 Å². The molecule has 9 atom stereocenters. The van der Waals surface area contributed by atoms with E-state index in [9.17, 15) is 15.0 Å². The van der Waals surface area contributed by atoms with Gasteiger partial charge in [0.05, 0.1) is 12.2 Å². The van der Waals surface area contributed by atoms with E-state index in [1.165, 1.54) is 19.3 Å². The van der Waals surface area contributed by atoms with Gasteiger partial charge in [-0.2, -0.15) is 0 Å². The highest BCUT2D eigenvalue weighted by Crippen LogP contribution is 2.67. The Morgan fingerprint density at radius 2 is 1.78 bits per heavy atom. The normalized spacial score (nSPS) is 51.9. The molecule has 4 nitrogen and oxygen atoms in total. The molecule has 27 heavy (non-hydrogen) atoms. The van der Waals surface area contributed by atoms with Crippen LogP contribution in [0.1, 0.15) is 84.5 Å². The Morgan fingerprint density at radius 1 is 1.00 bits per heavy atom. The van der Waals surface area contributed by atoms with Crippen LogP contribution in [-0.4, -0.2) is 33.5 Å². The molecule has 4 rings (SSSR count). The van der Waals surface area contributed by atoms with Crippen LogP contribution in [0.5, 0.6) is 0 Å². The number of carbonyl (C=O) groups is 1. The van der Waals surface area contributed by atoms with Crippen LogP contribution in [0.25, 0.3) is 0 Å². The van der Waals surface area contributed by atoms with Gasteiger partial charge in [-0.25, -0.2) is 0 Å².